The summed E-state index contributed by atoms with van der Waals surface area (Å²) in [5.74, 6) is 1.39. The van der Waals surface area contributed by atoms with E-state index in [-0.39, 0.29) is 5.97 Å². The average Bonchev–Trinajstić information content (AvgIpc) is 2.78. The topological polar surface area (TPSA) is 52.3 Å². The Hall–Kier alpha value is -2.10. The van der Waals surface area contributed by atoms with Gasteiger partial charge in [0.05, 0.1) is 23.6 Å². The van der Waals surface area contributed by atoms with E-state index in [4.69, 9.17) is 9.15 Å². The van der Waals surface area contributed by atoms with Crippen LogP contribution >= 0.6 is 0 Å². The molecule has 2 rings (SSSR count). The highest BCUT2D eigenvalue weighted by Gasteiger charge is 2.16. The number of nitrogens with zero attached hydrogens (tertiary/aromatic N) is 1. The lowest BCUT2D eigenvalue weighted by atomic mass is 10.1. The van der Waals surface area contributed by atoms with Crippen molar-refractivity contribution in [1.29, 1.82) is 0 Å². The van der Waals surface area contributed by atoms with Crippen LogP contribution in [0.15, 0.2) is 22.6 Å². The Morgan fingerprint density at radius 2 is 2.05 bits per heavy atom. The molecule has 4 heteroatoms. The fraction of sp³-hybridized carbons (Fsp3) is 0.412. The van der Waals surface area contributed by atoms with Crippen molar-refractivity contribution in [3.63, 3.8) is 0 Å². The molecule has 4 nitrogen and oxygen atoms in total. The molecule has 0 unspecified atom stereocenters. The van der Waals surface area contributed by atoms with Crippen molar-refractivity contribution < 1.29 is 13.9 Å². The third kappa shape index (κ3) is 3.32. The molecule has 0 aromatic carbocycles. The third-order valence-electron chi connectivity index (χ3n) is 3.27. The number of furan rings is 1. The number of hydrogen-bond donors (Lipinski definition) is 0. The molecule has 0 amide bonds. The SMILES string of the molecule is CCCc1nc(-c2cc(C)oc2C)ccc1C(=O)OCC. The minimum atomic E-state index is -0.305. The van der Waals surface area contributed by atoms with E-state index in [0.717, 1.165) is 41.3 Å². The molecule has 2 heterocycles. The first-order valence-electron chi connectivity index (χ1n) is 7.31. The van der Waals surface area contributed by atoms with Gasteiger partial charge in [-0.1, -0.05) is 13.3 Å². The zero-order valence-electron chi connectivity index (χ0n) is 13.0. The van der Waals surface area contributed by atoms with Crippen LogP contribution in [0.1, 0.15) is 47.8 Å². The quantitative estimate of drug-likeness (QED) is 0.777. The number of aromatic nitrogens is 1. The molecule has 0 bridgehead atoms. The van der Waals surface area contributed by atoms with Crippen molar-refractivity contribution in [3.05, 3.63) is 41.0 Å². The highest BCUT2D eigenvalue weighted by Crippen LogP contribution is 2.26. The highest BCUT2D eigenvalue weighted by atomic mass is 16.5. The molecule has 2 aromatic rings. The number of hydrogen-bond acceptors (Lipinski definition) is 4. The van der Waals surface area contributed by atoms with Gasteiger partial charge in [0, 0.05) is 5.56 Å². The second-order valence-electron chi connectivity index (χ2n) is 4.99. The van der Waals surface area contributed by atoms with Crippen LogP contribution in [0.5, 0.6) is 0 Å². The van der Waals surface area contributed by atoms with Gasteiger partial charge in [0.1, 0.15) is 11.5 Å². The maximum absolute atomic E-state index is 12.0. The van der Waals surface area contributed by atoms with Gasteiger partial charge >= 0.3 is 5.97 Å². The number of aryl methyl sites for hydroxylation is 3. The summed E-state index contributed by atoms with van der Waals surface area (Å²) in [5, 5.41) is 0. The molecule has 0 fully saturated rings. The van der Waals surface area contributed by atoms with Crippen LogP contribution in [0.4, 0.5) is 0 Å². The van der Waals surface area contributed by atoms with E-state index in [1.807, 2.05) is 26.0 Å². The normalized spacial score (nSPS) is 10.7. The summed E-state index contributed by atoms with van der Waals surface area (Å²) in [4.78, 5) is 16.6. The smallest absolute Gasteiger partial charge is 0.339 e. The Morgan fingerprint density at radius 3 is 2.62 bits per heavy atom. The van der Waals surface area contributed by atoms with E-state index in [1.165, 1.54) is 0 Å². The van der Waals surface area contributed by atoms with E-state index >= 15 is 0 Å². The molecule has 21 heavy (non-hydrogen) atoms. The minimum absolute atomic E-state index is 0.305. The van der Waals surface area contributed by atoms with E-state index < -0.39 is 0 Å². The zero-order valence-corrected chi connectivity index (χ0v) is 13.0. The predicted octanol–water partition coefficient (Wildman–Crippen LogP) is 4.09. The number of pyridine rings is 1. The summed E-state index contributed by atoms with van der Waals surface area (Å²) in [7, 11) is 0. The van der Waals surface area contributed by atoms with Crippen molar-refractivity contribution in [2.24, 2.45) is 0 Å². The average molecular weight is 287 g/mol. The molecule has 0 aliphatic rings. The van der Waals surface area contributed by atoms with Gasteiger partial charge in [-0.2, -0.15) is 0 Å². The summed E-state index contributed by atoms with van der Waals surface area (Å²) < 4.78 is 10.6. The molecule has 112 valence electrons. The van der Waals surface area contributed by atoms with Gasteiger partial charge in [-0.05, 0) is 45.4 Å². The Balaban J connectivity index is 2.44. The number of carbonyl (C=O) groups is 1. The summed E-state index contributed by atoms with van der Waals surface area (Å²) >= 11 is 0. The second kappa shape index (κ2) is 6.57. The number of carbonyl (C=O) groups excluding carboxylic acids is 1. The van der Waals surface area contributed by atoms with Gasteiger partial charge in [0.15, 0.2) is 0 Å². The largest absolute Gasteiger partial charge is 0.466 e. The molecule has 0 saturated carbocycles. The molecule has 0 aliphatic heterocycles. The van der Waals surface area contributed by atoms with Gasteiger partial charge in [-0.15, -0.1) is 0 Å². The fourth-order valence-electron chi connectivity index (χ4n) is 2.36. The number of rotatable bonds is 5. The van der Waals surface area contributed by atoms with Crippen LogP contribution in [-0.4, -0.2) is 17.6 Å². The van der Waals surface area contributed by atoms with Crippen LogP contribution < -0.4 is 0 Å². The molecule has 0 aliphatic carbocycles. The van der Waals surface area contributed by atoms with Gasteiger partial charge in [-0.25, -0.2) is 4.79 Å². The van der Waals surface area contributed by atoms with E-state index in [2.05, 4.69) is 11.9 Å². The van der Waals surface area contributed by atoms with Crippen LogP contribution in [-0.2, 0) is 11.2 Å². The molecule has 0 radical (unpaired) electrons. The standard InChI is InChI=1S/C17H21NO3/c1-5-7-15-13(17(19)20-6-2)8-9-16(18-15)14-10-11(3)21-12(14)4/h8-10H,5-7H2,1-4H3. The maximum atomic E-state index is 12.0. The van der Waals surface area contributed by atoms with Gasteiger partial charge < -0.3 is 9.15 Å². The Morgan fingerprint density at radius 1 is 1.29 bits per heavy atom. The van der Waals surface area contributed by atoms with Crippen LogP contribution in [0.2, 0.25) is 0 Å². The van der Waals surface area contributed by atoms with Gasteiger partial charge in [-0.3, -0.25) is 4.98 Å². The van der Waals surface area contributed by atoms with Crippen molar-refractivity contribution in [1.82, 2.24) is 4.98 Å². The Bertz CT molecular complexity index is 643. The molecule has 0 atom stereocenters. The van der Waals surface area contributed by atoms with Crippen molar-refractivity contribution >= 4 is 5.97 Å². The molecule has 0 saturated heterocycles. The first kappa shape index (κ1) is 15.3. The number of esters is 1. The van der Waals surface area contributed by atoms with E-state index in [0.29, 0.717) is 12.2 Å². The number of ether oxygens (including phenoxy) is 1. The Labute approximate surface area is 125 Å². The van der Waals surface area contributed by atoms with Gasteiger partial charge in [0.2, 0.25) is 0 Å². The lowest BCUT2D eigenvalue weighted by Crippen LogP contribution is -2.10. The molecular formula is C17H21NO3. The molecule has 0 N–H and O–H groups in total. The van der Waals surface area contributed by atoms with E-state index in [1.54, 1.807) is 13.0 Å². The maximum Gasteiger partial charge on any atom is 0.339 e. The molecule has 2 aromatic heterocycles. The molecule has 0 spiro atoms. The monoisotopic (exact) mass is 287 g/mol. The van der Waals surface area contributed by atoms with Crippen LogP contribution in [0, 0.1) is 13.8 Å². The first-order chi connectivity index (χ1) is 10.1. The van der Waals surface area contributed by atoms with E-state index in [9.17, 15) is 4.79 Å². The minimum Gasteiger partial charge on any atom is -0.466 e. The predicted molar refractivity (Wildman–Crippen MR) is 81.4 cm³/mol. The van der Waals surface area contributed by atoms with Crippen LogP contribution in [0.3, 0.4) is 0 Å². The lowest BCUT2D eigenvalue weighted by molar-refractivity contribution is 0.0524. The van der Waals surface area contributed by atoms with Crippen molar-refractivity contribution in [2.75, 3.05) is 6.61 Å². The summed E-state index contributed by atoms with van der Waals surface area (Å²) in [5.41, 5.74) is 3.15. The highest BCUT2D eigenvalue weighted by molar-refractivity contribution is 5.91. The summed E-state index contributed by atoms with van der Waals surface area (Å²) in [6.07, 6.45) is 1.67. The molecular weight excluding hydrogens is 266 g/mol. The Kier molecular flexibility index (Phi) is 4.78. The first-order valence-corrected chi connectivity index (χ1v) is 7.31. The van der Waals surface area contributed by atoms with Gasteiger partial charge in [0.25, 0.3) is 0 Å². The fourth-order valence-corrected chi connectivity index (χ4v) is 2.36. The zero-order chi connectivity index (χ0) is 15.4. The lowest BCUT2D eigenvalue weighted by Gasteiger charge is -2.09. The third-order valence-corrected chi connectivity index (χ3v) is 3.27. The second-order valence-corrected chi connectivity index (χ2v) is 4.99. The summed E-state index contributed by atoms with van der Waals surface area (Å²) in [6.45, 7) is 8.07. The summed E-state index contributed by atoms with van der Waals surface area (Å²) in [6, 6.07) is 5.62. The van der Waals surface area contributed by atoms with Crippen LogP contribution in [0.25, 0.3) is 11.3 Å². The van der Waals surface area contributed by atoms with Crippen molar-refractivity contribution in [3.8, 4) is 11.3 Å². The van der Waals surface area contributed by atoms with Crippen molar-refractivity contribution in [2.45, 2.75) is 40.5 Å².